The van der Waals surface area contributed by atoms with Gasteiger partial charge in [-0.1, -0.05) is 68.8 Å². The number of ether oxygens (including phenoxy) is 2. The SMILES string of the molecule is CC[C@]12C=CCCOC(=O)[C@H]1[C@H]1C(=O)N([C@@H](CO)C(C)C)C3C(=O)N(c4c(C)cccc4Cl)CC=C[C@@]31O2. The van der Waals surface area contributed by atoms with Gasteiger partial charge in [0.2, 0.25) is 5.91 Å². The third-order valence-corrected chi connectivity index (χ3v) is 8.92. The topological polar surface area (TPSA) is 96.4 Å². The van der Waals surface area contributed by atoms with E-state index in [2.05, 4.69) is 0 Å². The molecule has 2 amide bonds. The molecule has 1 unspecified atom stereocenters. The number of hydrogen-bond donors (Lipinski definition) is 1. The molecule has 6 atom stereocenters. The van der Waals surface area contributed by atoms with Gasteiger partial charge in [-0.25, -0.2) is 0 Å². The zero-order valence-electron chi connectivity index (χ0n) is 22.2. The molecule has 9 heteroatoms. The van der Waals surface area contributed by atoms with E-state index in [-0.39, 0.29) is 37.5 Å². The van der Waals surface area contributed by atoms with E-state index >= 15 is 0 Å². The second kappa shape index (κ2) is 9.81. The van der Waals surface area contributed by atoms with Gasteiger partial charge in [0.15, 0.2) is 0 Å². The van der Waals surface area contributed by atoms with Crippen LogP contribution in [0.1, 0.15) is 39.2 Å². The number of amides is 2. The highest BCUT2D eigenvalue weighted by Crippen LogP contribution is 2.59. The molecule has 0 aliphatic carbocycles. The third-order valence-electron chi connectivity index (χ3n) is 8.61. The summed E-state index contributed by atoms with van der Waals surface area (Å²) in [6, 6.07) is 3.67. The first-order chi connectivity index (χ1) is 18.1. The van der Waals surface area contributed by atoms with E-state index in [1.807, 2.05) is 58.1 Å². The van der Waals surface area contributed by atoms with E-state index in [0.29, 0.717) is 23.6 Å². The van der Waals surface area contributed by atoms with Crippen molar-refractivity contribution in [3.05, 3.63) is 53.1 Å². The Morgan fingerprint density at radius 3 is 2.55 bits per heavy atom. The standard InChI is InChI=1S/C29H35ClN2O6/c1-5-28-12-6-7-15-37-27(36)22(28)21-25(34)32(20(16-33)17(2)3)24-26(35)31(14-9-13-29(21,24)38-28)23-18(4)10-8-11-19(23)30/h6,8-13,17,20-22,24,33H,5,7,14-16H2,1-4H3/t20-,21-,22+,24?,28-,29-/m0/s1. The second-order valence-electron chi connectivity index (χ2n) is 11.0. The minimum absolute atomic E-state index is 0.157. The molecular formula is C29H35ClN2O6. The minimum atomic E-state index is -1.42. The highest BCUT2D eigenvalue weighted by Gasteiger charge is 2.76. The summed E-state index contributed by atoms with van der Waals surface area (Å²) in [6.07, 6.45) is 8.38. The Bertz CT molecular complexity index is 1190. The van der Waals surface area contributed by atoms with Gasteiger partial charge in [0.25, 0.3) is 5.91 Å². The summed E-state index contributed by atoms with van der Waals surface area (Å²) < 4.78 is 12.5. The monoisotopic (exact) mass is 542 g/mol. The van der Waals surface area contributed by atoms with E-state index in [9.17, 15) is 19.5 Å². The highest BCUT2D eigenvalue weighted by atomic mass is 35.5. The zero-order valence-corrected chi connectivity index (χ0v) is 23.0. The minimum Gasteiger partial charge on any atom is -0.465 e. The Balaban J connectivity index is 1.73. The first kappa shape index (κ1) is 26.9. The van der Waals surface area contributed by atoms with Crippen LogP contribution in [0, 0.1) is 24.7 Å². The van der Waals surface area contributed by atoms with Crippen LogP contribution in [-0.2, 0) is 23.9 Å². The average molecular weight is 543 g/mol. The van der Waals surface area contributed by atoms with Crippen LogP contribution >= 0.6 is 11.6 Å². The van der Waals surface area contributed by atoms with Crippen molar-refractivity contribution in [2.45, 2.75) is 63.8 Å². The summed E-state index contributed by atoms with van der Waals surface area (Å²) in [4.78, 5) is 45.6. The van der Waals surface area contributed by atoms with Crippen LogP contribution in [0.15, 0.2) is 42.5 Å². The maximum atomic E-state index is 14.6. The maximum Gasteiger partial charge on any atom is 0.313 e. The van der Waals surface area contributed by atoms with Crippen LogP contribution in [0.25, 0.3) is 0 Å². The van der Waals surface area contributed by atoms with Crippen molar-refractivity contribution < 1.29 is 29.0 Å². The van der Waals surface area contributed by atoms with E-state index in [1.165, 1.54) is 4.90 Å². The number of aliphatic hydroxyl groups is 1. The molecule has 4 aliphatic rings. The van der Waals surface area contributed by atoms with Crippen LogP contribution in [0.5, 0.6) is 0 Å². The van der Waals surface area contributed by atoms with Crippen LogP contribution < -0.4 is 4.90 Å². The number of carbonyl (C=O) groups is 3. The number of hydrogen-bond acceptors (Lipinski definition) is 6. The largest absolute Gasteiger partial charge is 0.465 e. The predicted octanol–water partition coefficient (Wildman–Crippen LogP) is 3.43. The average Bonchev–Trinajstić information content (AvgIpc) is 3.21. The Kier molecular flexibility index (Phi) is 6.95. The summed E-state index contributed by atoms with van der Waals surface area (Å²) in [7, 11) is 0. The molecule has 1 N–H and O–H groups in total. The molecule has 0 saturated carbocycles. The lowest BCUT2D eigenvalue weighted by Crippen LogP contribution is -2.60. The fraction of sp³-hybridized carbons (Fsp3) is 0.552. The van der Waals surface area contributed by atoms with Crippen molar-refractivity contribution in [1.82, 2.24) is 4.90 Å². The fourth-order valence-corrected chi connectivity index (χ4v) is 7.13. The molecule has 38 heavy (non-hydrogen) atoms. The molecule has 0 bridgehead atoms. The van der Waals surface area contributed by atoms with Crippen molar-refractivity contribution in [2.75, 3.05) is 24.7 Å². The number of likely N-dealkylation sites (tertiary alicyclic amines) is 1. The number of cyclic esters (lactones) is 1. The fourth-order valence-electron chi connectivity index (χ4n) is 6.81. The maximum absolute atomic E-state index is 14.6. The van der Waals surface area contributed by atoms with Gasteiger partial charge in [-0.3, -0.25) is 14.4 Å². The number of anilines is 1. The van der Waals surface area contributed by atoms with Crippen LogP contribution in [-0.4, -0.2) is 70.8 Å². The van der Waals surface area contributed by atoms with Crippen molar-refractivity contribution in [3.8, 4) is 0 Å². The molecule has 4 aliphatic heterocycles. The van der Waals surface area contributed by atoms with Crippen molar-refractivity contribution in [1.29, 1.82) is 0 Å². The van der Waals surface area contributed by atoms with Gasteiger partial charge >= 0.3 is 5.97 Å². The molecule has 0 radical (unpaired) electrons. The Morgan fingerprint density at radius 2 is 1.89 bits per heavy atom. The van der Waals surface area contributed by atoms with E-state index in [1.54, 1.807) is 17.0 Å². The van der Waals surface area contributed by atoms with Gasteiger partial charge < -0.3 is 24.4 Å². The number of aryl methyl sites for hydroxylation is 1. The molecule has 2 fully saturated rings. The summed E-state index contributed by atoms with van der Waals surface area (Å²) in [6.45, 7) is 7.68. The number of esters is 1. The highest BCUT2D eigenvalue weighted by molar-refractivity contribution is 6.34. The predicted molar refractivity (Wildman–Crippen MR) is 143 cm³/mol. The molecule has 0 aromatic heterocycles. The molecule has 1 aromatic carbocycles. The molecule has 2 saturated heterocycles. The van der Waals surface area contributed by atoms with Crippen molar-refractivity contribution in [3.63, 3.8) is 0 Å². The summed E-state index contributed by atoms with van der Waals surface area (Å²) in [5, 5.41) is 10.8. The molecule has 8 nitrogen and oxygen atoms in total. The molecule has 1 spiro atoms. The number of carbonyl (C=O) groups excluding carboxylic acids is 3. The number of nitrogens with zero attached hydrogens (tertiary/aromatic N) is 2. The Morgan fingerprint density at radius 1 is 1.13 bits per heavy atom. The van der Waals surface area contributed by atoms with Gasteiger partial charge in [-0.05, 0) is 37.3 Å². The van der Waals surface area contributed by atoms with Crippen molar-refractivity contribution in [2.24, 2.45) is 17.8 Å². The Hall–Kier alpha value is -2.68. The van der Waals surface area contributed by atoms with E-state index in [4.69, 9.17) is 21.1 Å². The lowest BCUT2D eigenvalue weighted by atomic mass is 9.73. The number of halogens is 1. The molecule has 5 rings (SSSR count). The van der Waals surface area contributed by atoms with Gasteiger partial charge in [0, 0.05) is 6.54 Å². The summed E-state index contributed by atoms with van der Waals surface area (Å²) in [5.74, 6) is -3.31. The number of benzene rings is 1. The lowest BCUT2D eigenvalue weighted by molar-refractivity contribution is -0.162. The molecule has 4 heterocycles. The molecule has 204 valence electrons. The smallest absolute Gasteiger partial charge is 0.313 e. The van der Waals surface area contributed by atoms with Gasteiger partial charge in [0.05, 0.1) is 35.9 Å². The number of rotatable bonds is 5. The second-order valence-corrected chi connectivity index (χ2v) is 11.4. The van der Waals surface area contributed by atoms with E-state index < -0.39 is 41.1 Å². The number of aliphatic hydroxyl groups excluding tert-OH is 1. The molecular weight excluding hydrogens is 508 g/mol. The van der Waals surface area contributed by atoms with Gasteiger partial charge in [-0.15, -0.1) is 0 Å². The number of para-hydroxylation sites is 1. The Labute approximate surface area is 228 Å². The number of fused-ring (bicyclic) bond motifs is 2. The van der Waals surface area contributed by atoms with Gasteiger partial charge in [-0.2, -0.15) is 0 Å². The van der Waals surface area contributed by atoms with Crippen LogP contribution in [0.4, 0.5) is 5.69 Å². The first-order valence-electron chi connectivity index (χ1n) is 13.3. The zero-order chi connectivity index (χ0) is 27.4. The molecule has 1 aromatic rings. The normalized spacial score (nSPS) is 33.4. The first-order valence-corrected chi connectivity index (χ1v) is 13.7. The lowest BCUT2D eigenvalue weighted by Gasteiger charge is -2.42. The van der Waals surface area contributed by atoms with Crippen LogP contribution in [0.3, 0.4) is 0 Å². The van der Waals surface area contributed by atoms with E-state index in [0.717, 1.165) is 5.56 Å². The third kappa shape index (κ3) is 3.75. The van der Waals surface area contributed by atoms with Crippen molar-refractivity contribution >= 4 is 35.1 Å². The van der Waals surface area contributed by atoms with Gasteiger partial charge in [0.1, 0.15) is 23.2 Å². The summed E-state index contributed by atoms with van der Waals surface area (Å²) in [5.41, 5.74) is -1.14. The van der Waals surface area contributed by atoms with Crippen LogP contribution in [0.2, 0.25) is 5.02 Å². The summed E-state index contributed by atoms with van der Waals surface area (Å²) >= 11 is 6.60. The quantitative estimate of drug-likeness (QED) is 0.452.